The summed E-state index contributed by atoms with van der Waals surface area (Å²) in [5, 5.41) is 11.7. The van der Waals surface area contributed by atoms with Crippen molar-refractivity contribution in [2.75, 3.05) is 20.1 Å². The van der Waals surface area contributed by atoms with Gasteiger partial charge in [-0.25, -0.2) is 4.79 Å². The van der Waals surface area contributed by atoms with E-state index in [1.165, 1.54) is 6.07 Å². The number of nitrogens with zero attached hydrogens (tertiary/aromatic N) is 1. The summed E-state index contributed by atoms with van der Waals surface area (Å²) in [6, 6.07) is 4.69. The van der Waals surface area contributed by atoms with Crippen LogP contribution in [0.2, 0.25) is 0 Å². The number of hydrogen-bond acceptors (Lipinski definition) is 3. The Morgan fingerprint density at radius 3 is 2.35 bits per heavy atom. The summed E-state index contributed by atoms with van der Waals surface area (Å²) in [6.07, 6.45) is 2.07. The van der Waals surface area contributed by atoms with Crippen molar-refractivity contribution in [1.82, 2.24) is 10.2 Å². The molecule has 0 unspecified atom stereocenters. The van der Waals surface area contributed by atoms with E-state index in [2.05, 4.69) is 5.32 Å². The molecule has 0 aliphatic carbocycles. The first-order chi connectivity index (χ1) is 10.9. The quantitative estimate of drug-likeness (QED) is 0.884. The zero-order valence-corrected chi connectivity index (χ0v) is 13.5. The van der Waals surface area contributed by atoms with Crippen LogP contribution in [-0.4, -0.2) is 47.9 Å². The van der Waals surface area contributed by atoms with Crippen LogP contribution in [0.25, 0.3) is 0 Å². The van der Waals surface area contributed by atoms with Crippen molar-refractivity contribution in [3.63, 3.8) is 0 Å². The summed E-state index contributed by atoms with van der Waals surface area (Å²) >= 11 is 0. The van der Waals surface area contributed by atoms with E-state index in [1.807, 2.05) is 0 Å². The van der Waals surface area contributed by atoms with Crippen LogP contribution in [0.15, 0.2) is 18.2 Å². The molecule has 2 N–H and O–H groups in total. The molecule has 1 aliphatic rings. The molecular formula is C17H22N2O4. The van der Waals surface area contributed by atoms with Gasteiger partial charge in [0.25, 0.3) is 5.91 Å². The number of likely N-dealkylation sites (tertiary alicyclic amines) is 1. The number of carbonyl (C=O) groups is 3. The van der Waals surface area contributed by atoms with Gasteiger partial charge in [0.1, 0.15) is 0 Å². The lowest BCUT2D eigenvalue weighted by molar-refractivity contribution is -0.121. The summed E-state index contributed by atoms with van der Waals surface area (Å²) < 4.78 is 0. The summed E-state index contributed by atoms with van der Waals surface area (Å²) in [5.41, 5.74) is 1.29. The smallest absolute Gasteiger partial charge is 0.335 e. The largest absolute Gasteiger partial charge is 0.478 e. The summed E-state index contributed by atoms with van der Waals surface area (Å²) in [7, 11) is 1.62. The lowest BCUT2D eigenvalue weighted by Crippen LogP contribution is -2.39. The highest BCUT2D eigenvalue weighted by molar-refractivity contribution is 5.97. The molecule has 1 saturated heterocycles. The molecule has 1 aromatic carbocycles. The Bertz CT molecular complexity index is 619. The molecule has 6 heteroatoms. The third-order valence-corrected chi connectivity index (χ3v) is 4.23. The van der Waals surface area contributed by atoms with Crippen molar-refractivity contribution in [2.24, 2.45) is 5.92 Å². The Kier molecular flexibility index (Phi) is 5.36. The van der Waals surface area contributed by atoms with Crippen molar-refractivity contribution in [2.45, 2.75) is 26.2 Å². The monoisotopic (exact) mass is 318 g/mol. The van der Waals surface area contributed by atoms with Crippen LogP contribution >= 0.6 is 0 Å². The third-order valence-electron chi connectivity index (χ3n) is 4.23. The number of amides is 2. The van der Waals surface area contributed by atoms with Crippen molar-refractivity contribution < 1.29 is 19.5 Å². The SMILES string of the molecule is CNC(=O)CC1CCN(C(=O)c2cc(C)cc(C(=O)O)c2)CC1. The zero-order chi connectivity index (χ0) is 17.0. The van der Waals surface area contributed by atoms with E-state index in [0.29, 0.717) is 31.0 Å². The van der Waals surface area contributed by atoms with Gasteiger partial charge in [-0.1, -0.05) is 0 Å². The molecule has 1 heterocycles. The molecule has 2 amide bonds. The van der Waals surface area contributed by atoms with Gasteiger partial charge in [-0.3, -0.25) is 9.59 Å². The molecule has 2 rings (SSSR count). The van der Waals surface area contributed by atoms with Gasteiger partial charge in [0.2, 0.25) is 5.91 Å². The summed E-state index contributed by atoms with van der Waals surface area (Å²) in [6.45, 7) is 2.96. The second kappa shape index (κ2) is 7.26. The van der Waals surface area contributed by atoms with Crippen LogP contribution < -0.4 is 5.32 Å². The van der Waals surface area contributed by atoms with Crippen molar-refractivity contribution in [1.29, 1.82) is 0 Å². The summed E-state index contributed by atoms with van der Waals surface area (Å²) in [5.74, 6) is -0.854. The van der Waals surface area contributed by atoms with Gasteiger partial charge in [-0.2, -0.15) is 0 Å². The zero-order valence-electron chi connectivity index (χ0n) is 13.5. The second-order valence-electron chi connectivity index (χ2n) is 6.01. The van der Waals surface area contributed by atoms with Crippen LogP contribution in [0.1, 0.15) is 45.5 Å². The predicted molar refractivity (Wildman–Crippen MR) is 85.4 cm³/mol. The number of carboxylic acid groups (broad SMARTS) is 1. The molecule has 0 aromatic heterocycles. The van der Waals surface area contributed by atoms with Gasteiger partial charge in [0.05, 0.1) is 5.56 Å². The van der Waals surface area contributed by atoms with Crippen molar-refractivity contribution in [3.8, 4) is 0 Å². The molecule has 0 bridgehead atoms. The number of carboxylic acids is 1. The van der Waals surface area contributed by atoms with Crippen LogP contribution in [0.4, 0.5) is 0 Å². The molecule has 23 heavy (non-hydrogen) atoms. The average molecular weight is 318 g/mol. The van der Waals surface area contributed by atoms with Crippen LogP contribution in [0.3, 0.4) is 0 Å². The number of piperidine rings is 1. The van der Waals surface area contributed by atoms with E-state index in [9.17, 15) is 14.4 Å². The standard InChI is InChI=1S/C17H22N2O4/c1-11-7-13(10-14(8-11)17(22)23)16(21)19-5-3-12(4-6-19)9-15(20)18-2/h7-8,10,12H,3-6,9H2,1-2H3,(H,18,20)(H,22,23). The van der Waals surface area contributed by atoms with E-state index in [-0.39, 0.29) is 17.4 Å². The van der Waals surface area contributed by atoms with E-state index >= 15 is 0 Å². The number of aromatic carboxylic acids is 1. The maximum atomic E-state index is 12.6. The maximum absolute atomic E-state index is 12.6. The molecule has 124 valence electrons. The van der Waals surface area contributed by atoms with Crippen LogP contribution in [0.5, 0.6) is 0 Å². The van der Waals surface area contributed by atoms with E-state index in [0.717, 1.165) is 18.4 Å². The Morgan fingerprint density at radius 2 is 1.78 bits per heavy atom. The highest BCUT2D eigenvalue weighted by Gasteiger charge is 2.25. The Morgan fingerprint density at radius 1 is 1.17 bits per heavy atom. The summed E-state index contributed by atoms with van der Waals surface area (Å²) in [4.78, 5) is 36.8. The van der Waals surface area contributed by atoms with Gasteiger partial charge >= 0.3 is 5.97 Å². The molecule has 6 nitrogen and oxygen atoms in total. The van der Waals surface area contributed by atoms with Gasteiger partial charge < -0.3 is 15.3 Å². The van der Waals surface area contributed by atoms with Crippen LogP contribution in [-0.2, 0) is 4.79 Å². The minimum Gasteiger partial charge on any atom is -0.478 e. The van der Waals surface area contributed by atoms with E-state index in [1.54, 1.807) is 31.0 Å². The molecule has 1 fully saturated rings. The predicted octanol–water partition coefficient (Wildman–Crippen LogP) is 1.68. The highest BCUT2D eigenvalue weighted by atomic mass is 16.4. The second-order valence-corrected chi connectivity index (χ2v) is 6.01. The van der Waals surface area contributed by atoms with Crippen molar-refractivity contribution in [3.05, 3.63) is 34.9 Å². The van der Waals surface area contributed by atoms with Crippen molar-refractivity contribution >= 4 is 17.8 Å². The molecule has 0 saturated carbocycles. The lowest BCUT2D eigenvalue weighted by atomic mass is 9.92. The Hall–Kier alpha value is -2.37. The topological polar surface area (TPSA) is 86.7 Å². The number of benzene rings is 1. The first-order valence-corrected chi connectivity index (χ1v) is 7.75. The number of carbonyl (C=O) groups excluding carboxylic acids is 2. The fourth-order valence-corrected chi connectivity index (χ4v) is 2.92. The molecule has 0 atom stereocenters. The first-order valence-electron chi connectivity index (χ1n) is 7.75. The number of rotatable bonds is 4. The van der Waals surface area contributed by atoms with Gasteiger partial charge in [-0.05, 0) is 49.4 Å². The fourth-order valence-electron chi connectivity index (χ4n) is 2.92. The van der Waals surface area contributed by atoms with E-state index < -0.39 is 5.97 Å². The fraction of sp³-hybridized carbons (Fsp3) is 0.471. The average Bonchev–Trinajstić information content (AvgIpc) is 2.54. The highest BCUT2D eigenvalue weighted by Crippen LogP contribution is 2.22. The minimum absolute atomic E-state index is 0.0274. The maximum Gasteiger partial charge on any atom is 0.335 e. The van der Waals surface area contributed by atoms with E-state index in [4.69, 9.17) is 5.11 Å². The molecule has 0 spiro atoms. The number of aryl methyl sites for hydroxylation is 1. The molecule has 1 aromatic rings. The molecule has 1 aliphatic heterocycles. The number of hydrogen-bond donors (Lipinski definition) is 2. The Labute approximate surface area is 135 Å². The minimum atomic E-state index is -1.04. The Balaban J connectivity index is 2.02. The normalized spacial score (nSPS) is 15.3. The lowest BCUT2D eigenvalue weighted by Gasteiger charge is -2.32. The van der Waals surface area contributed by atoms with Gasteiger partial charge in [0.15, 0.2) is 0 Å². The third kappa shape index (κ3) is 4.31. The molecule has 0 radical (unpaired) electrons. The van der Waals surface area contributed by atoms with Gasteiger partial charge in [-0.15, -0.1) is 0 Å². The number of nitrogens with one attached hydrogen (secondary N) is 1. The van der Waals surface area contributed by atoms with Crippen LogP contribution in [0, 0.1) is 12.8 Å². The molecular weight excluding hydrogens is 296 g/mol. The van der Waals surface area contributed by atoms with Gasteiger partial charge in [0, 0.05) is 32.1 Å². The first kappa shape index (κ1) is 17.0.